The molecule has 1 aromatic heterocycles. The molecule has 33 heavy (non-hydrogen) atoms. The molecule has 0 bridgehead atoms. The summed E-state index contributed by atoms with van der Waals surface area (Å²) in [6, 6.07) is -3.76. The van der Waals surface area contributed by atoms with E-state index < -0.39 is 53.7 Å². The zero-order valence-electron chi connectivity index (χ0n) is 19.0. The van der Waals surface area contributed by atoms with E-state index in [1.807, 2.05) is 0 Å². The van der Waals surface area contributed by atoms with E-state index in [1.165, 1.54) is 18.7 Å². The Bertz CT molecular complexity index is 903. The number of aryl methyl sites for hydroxylation is 1. The fourth-order valence-electron chi connectivity index (χ4n) is 3.60. The van der Waals surface area contributed by atoms with Gasteiger partial charge in [-0.1, -0.05) is 32.2 Å². The lowest BCUT2D eigenvalue weighted by Crippen LogP contribution is -2.58. The van der Waals surface area contributed by atoms with Crippen LogP contribution in [0.4, 0.5) is 13.2 Å². The maximum atomic E-state index is 13.3. The molecule has 3 amide bonds. The van der Waals surface area contributed by atoms with E-state index in [0.717, 1.165) is 11.5 Å². The van der Waals surface area contributed by atoms with E-state index in [2.05, 4.69) is 20.2 Å². The Morgan fingerprint density at radius 3 is 2.15 bits per heavy atom. The average molecular weight is 492 g/mol. The molecule has 2 N–H and O–H groups in total. The normalized spacial score (nSPS) is 18.4. The first-order chi connectivity index (χ1) is 15.3. The van der Waals surface area contributed by atoms with Gasteiger partial charge in [0.25, 0.3) is 11.7 Å². The Morgan fingerprint density at radius 2 is 1.67 bits per heavy atom. The summed E-state index contributed by atoms with van der Waals surface area (Å²) in [5, 5.41) is 8.61. The minimum absolute atomic E-state index is 0.205. The molecule has 1 saturated heterocycles. The number of nitrogens with zero attached hydrogens (tertiary/aromatic N) is 3. The molecular formula is C20H28F3N5O4S. The molecule has 184 valence electrons. The van der Waals surface area contributed by atoms with Gasteiger partial charge in [-0.05, 0) is 43.1 Å². The number of Topliss-reactive ketones (excluding diaryl/α,β-unsaturated/α-hetero) is 1. The monoisotopic (exact) mass is 491 g/mol. The molecule has 2 rings (SSSR count). The Kier molecular flexibility index (Phi) is 8.55. The van der Waals surface area contributed by atoms with Crippen molar-refractivity contribution in [2.45, 2.75) is 71.8 Å². The van der Waals surface area contributed by atoms with Gasteiger partial charge in [0.1, 0.15) is 17.0 Å². The fourth-order valence-corrected chi connectivity index (χ4v) is 4.16. The van der Waals surface area contributed by atoms with E-state index in [0.29, 0.717) is 12.1 Å². The molecule has 2 heterocycles. The number of alkyl halides is 3. The highest BCUT2D eigenvalue weighted by Crippen LogP contribution is 2.24. The van der Waals surface area contributed by atoms with E-state index in [4.69, 9.17) is 0 Å². The van der Waals surface area contributed by atoms with E-state index in [-0.39, 0.29) is 23.8 Å². The van der Waals surface area contributed by atoms with Gasteiger partial charge in [0.2, 0.25) is 11.8 Å². The summed E-state index contributed by atoms with van der Waals surface area (Å²) < 4.78 is 42.5. The molecule has 1 aliphatic heterocycles. The second kappa shape index (κ2) is 10.6. The van der Waals surface area contributed by atoms with Gasteiger partial charge in [0.05, 0.1) is 11.7 Å². The Labute approximate surface area is 193 Å². The number of nitrogens with one attached hydrogen (secondary N) is 2. The molecule has 0 spiro atoms. The lowest BCUT2D eigenvalue weighted by atomic mass is 9.98. The topological polar surface area (TPSA) is 121 Å². The third-order valence-corrected chi connectivity index (χ3v) is 6.27. The minimum Gasteiger partial charge on any atom is -0.344 e. The number of hydrogen-bond donors (Lipinski definition) is 2. The van der Waals surface area contributed by atoms with Gasteiger partial charge in [-0.2, -0.15) is 13.2 Å². The van der Waals surface area contributed by atoms with Crippen LogP contribution in [0.1, 0.15) is 55.9 Å². The second-order valence-electron chi connectivity index (χ2n) is 8.66. The highest BCUT2D eigenvalue weighted by atomic mass is 32.1. The number of aromatic nitrogens is 2. The van der Waals surface area contributed by atoms with Gasteiger partial charge in [-0.3, -0.25) is 19.2 Å². The average Bonchev–Trinajstić information content (AvgIpc) is 3.36. The Morgan fingerprint density at radius 1 is 1.06 bits per heavy atom. The van der Waals surface area contributed by atoms with Crippen molar-refractivity contribution in [1.82, 2.24) is 25.1 Å². The first-order valence-corrected chi connectivity index (χ1v) is 11.3. The fraction of sp³-hybridized carbons (Fsp3) is 0.700. The van der Waals surface area contributed by atoms with Crippen LogP contribution in [-0.2, 0) is 14.4 Å². The van der Waals surface area contributed by atoms with Crippen molar-refractivity contribution in [3.8, 4) is 0 Å². The quantitative estimate of drug-likeness (QED) is 0.573. The summed E-state index contributed by atoms with van der Waals surface area (Å²) in [7, 11) is 0. The maximum absolute atomic E-state index is 13.3. The molecule has 1 aromatic rings. The summed E-state index contributed by atoms with van der Waals surface area (Å²) in [6.07, 6.45) is -4.40. The largest absolute Gasteiger partial charge is 0.452 e. The van der Waals surface area contributed by atoms with Crippen molar-refractivity contribution in [1.29, 1.82) is 0 Å². The smallest absolute Gasteiger partial charge is 0.344 e. The Balaban J connectivity index is 2.18. The summed E-state index contributed by atoms with van der Waals surface area (Å²) >= 11 is 0.889. The van der Waals surface area contributed by atoms with Crippen LogP contribution in [0.5, 0.6) is 0 Å². The first-order valence-electron chi connectivity index (χ1n) is 10.6. The van der Waals surface area contributed by atoms with Crippen molar-refractivity contribution in [3.05, 3.63) is 10.6 Å². The highest BCUT2D eigenvalue weighted by molar-refractivity contribution is 7.08. The van der Waals surface area contributed by atoms with Crippen LogP contribution >= 0.6 is 11.5 Å². The van der Waals surface area contributed by atoms with Gasteiger partial charge < -0.3 is 15.5 Å². The molecule has 1 aliphatic rings. The van der Waals surface area contributed by atoms with E-state index in [1.54, 1.807) is 20.8 Å². The third-order valence-electron chi connectivity index (χ3n) is 5.44. The molecule has 9 nitrogen and oxygen atoms in total. The van der Waals surface area contributed by atoms with Crippen molar-refractivity contribution in [3.63, 3.8) is 0 Å². The lowest BCUT2D eigenvalue weighted by molar-refractivity contribution is -0.175. The minimum atomic E-state index is -5.09. The van der Waals surface area contributed by atoms with E-state index >= 15 is 0 Å². The standard InChI is InChI=1S/C20H28F3N5O4S/c1-9(2)13(16(29)20(21,22)23)24-17(30)12-7-6-8-28(12)19(32)14(10(3)4)25-18(31)15-11(5)26-27-33-15/h9-10,12-14H,6-8H2,1-5H3,(H,24,30)(H,25,31)/t12-,13-,14-/m0/s1. The molecule has 0 saturated carbocycles. The van der Waals surface area contributed by atoms with Crippen LogP contribution in [0, 0.1) is 18.8 Å². The predicted octanol–water partition coefficient (Wildman–Crippen LogP) is 1.86. The number of halogens is 3. The van der Waals surface area contributed by atoms with Crippen LogP contribution in [0.25, 0.3) is 0 Å². The third kappa shape index (κ3) is 6.27. The maximum Gasteiger partial charge on any atom is 0.452 e. The number of carbonyl (C=O) groups excluding carboxylic acids is 4. The van der Waals surface area contributed by atoms with Gasteiger partial charge in [0.15, 0.2) is 0 Å². The van der Waals surface area contributed by atoms with Crippen LogP contribution in [0.15, 0.2) is 0 Å². The van der Waals surface area contributed by atoms with E-state index in [9.17, 15) is 32.3 Å². The molecule has 3 atom stereocenters. The number of likely N-dealkylation sites (tertiary alicyclic amines) is 1. The van der Waals surface area contributed by atoms with Crippen molar-refractivity contribution in [2.75, 3.05) is 6.54 Å². The molecule has 13 heteroatoms. The number of hydrogen-bond acceptors (Lipinski definition) is 7. The van der Waals surface area contributed by atoms with Crippen LogP contribution in [-0.4, -0.2) is 68.8 Å². The number of amides is 3. The van der Waals surface area contributed by atoms with Crippen molar-refractivity contribution in [2.24, 2.45) is 11.8 Å². The summed E-state index contributed by atoms with van der Waals surface area (Å²) in [6.45, 7) is 8.06. The van der Waals surface area contributed by atoms with Crippen LogP contribution < -0.4 is 10.6 Å². The molecule has 0 aromatic carbocycles. The molecular weight excluding hydrogens is 463 g/mol. The number of rotatable bonds is 8. The van der Waals surface area contributed by atoms with Crippen molar-refractivity contribution >= 4 is 35.0 Å². The zero-order chi connectivity index (χ0) is 25.1. The SMILES string of the molecule is Cc1nnsc1C(=O)N[C@H](C(=O)N1CCC[C@H]1C(=O)N[C@H](C(=O)C(F)(F)F)C(C)C)C(C)C. The second-order valence-corrected chi connectivity index (χ2v) is 9.42. The predicted molar refractivity (Wildman–Crippen MR) is 113 cm³/mol. The molecule has 0 radical (unpaired) electrons. The summed E-state index contributed by atoms with van der Waals surface area (Å²) in [4.78, 5) is 51.9. The molecule has 1 fully saturated rings. The first kappa shape index (κ1) is 26.7. The lowest BCUT2D eigenvalue weighted by Gasteiger charge is -2.31. The number of carbonyl (C=O) groups is 4. The molecule has 0 aliphatic carbocycles. The van der Waals surface area contributed by atoms with Crippen LogP contribution in [0.2, 0.25) is 0 Å². The summed E-state index contributed by atoms with van der Waals surface area (Å²) in [5.74, 6) is -5.04. The molecule has 0 unspecified atom stereocenters. The van der Waals surface area contributed by atoms with Crippen molar-refractivity contribution < 1.29 is 32.3 Å². The van der Waals surface area contributed by atoms with Gasteiger partial charge in [-0.15, -0.1) is 5.10 Å². The van der Waals surface area contributed by atoms with Gasteiger partial charge >= 0.3 is 6.18 Å². The Hall–Kier alpha value is -2.57. The summed E-state index contributed by atoms with van der Waals surface area (Å²) in [5.41, 5.74) is 0.417. The zero-order valence-corrected chi connectivity index (χ0v) is 19.8. The van der Waals surface area contributed by atoms with Gasteiger partial charge in [0, 0.05) is 6.54 Å². The number of ketones is 1. The van der Waals surface area contributed by atoms with Crippen LogP contribution in [0.3, 0.4) is 0 Å². The highest BCUT2D eigenvalue weighted by Gasteiger charge is 2.46. The van der Waals surface area contributed by atoms with Gasteiger partial charge in [-0.25, -0.2) is 0 Å².